The van der Waals surface area contributed by atoms with Gasteiger partial charge < -0.3 is 24.0 Å². The lowest BCUT2D eigenvalue weighted by Crippen LogP contribution is -2.51. The standard InChI is InChI=1S/C31H36Cl2N4O4/c1-21-18-23(8-9-25(21)32)40-20-31(19-27(38)36-16-14-35(3)15-17-36)10-12-37(13-11-31)30(39)28-22(2)41-34-29(28)24-6-4-5-7-26(24)33/h4-9,18H,10-17,19-20H2,1-3H3. The number of likely N-dealkylation sites (tertiary alicyclic amines) is 1. The van der Waals surface area contributed by atoms with E-state index in [1.807, 2.05) is 53.1 Å². The summed E-state index contributed by atoms with van der Waals surface area (Å²) < 4.78 is 11.7. The molecule has 0 bridgehead atoms. The van der Waals surface area contributed by atoms with Crippen molar-refractivity contribution in [1.82, 2.24) is 19.9 Å². The van der Waals surface area contributed by atoms with E-state index >= 15 is 0 Å². The van der Waals surface area contributed by atoms with Crippen molar-refractivity contribution in [2.24, 2.45) is 5.41 Å². The molecule has 218 valence electrons. The fourth-order valence-corrected chi connectivity index (χ4v) is 5.95. The van der Waals surface area contributed by atoms with Crippen molar-refractivity contribution in [3.8, 4) is 17.0 Å². The second-order valence-corrected chi connectivity index (χ2v) is 12.1. The molecule has 0 atom stereocenters. The zero-order chi connectivity index (χ0) is 29.1. The van der Waals surface area contributed by atoms with Crippen molar-refractivity contribution in [1.29, 1.82) is 0 Å². The Balaban J connectivity index is 1.33. The van der Waals surface area contributed by atoms with Crippen molar-refractivity contribution < 1.29 is 18.8 Å². The van der Waals surface area contributed by atoms with Crippen LogP contribution in [-0.4, -0.2) is 84.6 Å². The molecule has 5 rings (SSSR count). The Morgan fingerprint density at radius 3 is 2.34 bits per heavy atom. The summed E-state index contributed by atoms with van der Waals surface area (Å²) in [6, 6.07) is 12.9. The van der Waals surface area contributed by atoms with Gasteiger partial charge in [-0.05, 0) is 63.6 Å². The van der Waals surface area contributed by atoms with Crippen molar-refractivity contribution in [2.75, 3.05) is 52.9 Å². The molecule has 2 aliphatic heterocycles. The Kier molecular flexibility index (Phi) is 8.92. The molecule has 0 unspecified atom stereocenters. The first kappa shape index (κ1) is 29.4. The van der Waals surface area contributed by atoms with Crippen LogP contribution in [0.15, 0.2) is 47.0 Å². The molecule has 2 aliphatic rings. The van der Waals surface area contributed by atoms with E-state index in [0.717, 1.165) is 37.5 Å². The number of carbonyl (C=O) groups is 2. The maximum Gasteiger partial charge on any atom is 0.259 e. The van der Waals surface area contributed by atoms with E-state index in [-0.39, 0.29) is 11.8 Å². The molecule has 1 aromatic heterocycles. The summed E-state index contributed by atoms with van der Waals surface area (Å²) in [5.74, 6) is 1.17. The fraction of sp³-hybridized carbons (Fsp3) is 0.452. The number of ether oxygens (including phenoxy) is 1. The zero-order valence-electron chi connectivity index (χ0n) is 23.8. The number of carbonyl (C=O) groups excluding carboxylic acids is 2. The maximum atomic E-state index is 13.8. The van der Waals surface area contributed by atoms with Crippen LogP contribution in [0.3, 0.4) is 0 Å². The molecular formula is C31H36Cl2N4O4. The number of hydrogen-bond donors (Lipinski definition) is 0. The summed E-state index contributed by atoms with van der Waals surface area (Å²) in [6.45, 7) is 8.24. The molecular weight excluding hydrogens is 563 g/mol. The molecule has 0 saturated carbocycles. The minimum absolute atomic E-state index is 0.143. The van der Waals surface area contributed by atoms with E-state index in [1.165, 1.54) is 0 Å². The topological polar surface area (TPSA) is 79.1 Å². The first-order valence-corrected chi connectivity index (χ1v) is 14.8. The van der Waals surface area contributed by atoms with Gasteiger partial charge in [0.25, 0.3) is 5.91 Å². The number of aromatic nitrogens is 1. The summed E-state index contributed by atoms with van der Waals surface area (Å²) in [5, 5.41) is 5.36. The van der Waals surface area contributed by atoms with Crippen LogP contribution < -0.4 is 4.74 Å². The molecule has 8 nitrogen and oxygen atoms in total. The monoisotopic (exact) mass is 598 g/mol. The highest BCUT2D eigenvalue weighted by atomic mass is 35.5. The molecule has 3 heterocycles. The van der Waals surface area contributed by atoms with Crippen LogP contribution in [0.2, 0.25) is 10.0 Å². The molecule has 0 radical (unpaired) electrons. The molecule has 2 saturated heterocycles. The highest BCUT2D eigenvalue weighted by Gasteiger charge is 2.41. The predicted molar refractivity (Wildman–Crippen MR) is 160 cm³/mol. The smallest absolute Gasteiger partial charge is 0.259 e. The summed E-state index contributed by atoms with van der Waals surface area (Å²) in [4.78, 5) is 33.3. The fourth-order valence-electron chi connectivity index (χ4n) is 5.61. The van der Waals surface area contributed by atoms with Gasteiger partial charge in [0.15, 0.2) is 0 Å². The van der Waals surface area contributed by atoms with Gasteiger partial charge >= 0.3 is 0 Å². The molecule has 41 heavy (non-hydrogen) atoms. The lowest BCUT2D eigenvalue weighted by Gasteiger charge is -2.42. The first-order chi connectivity index (χ1) is 19.7. The highest BCUT2D eigenvalue weighted by Crippen LogP contribution is 2.39. The molecule has 0 aliphatic carbocycles. The average molecular weight is 600 g/mol. The van der Waals surface area contributed by atoms with Crippen LogP contribution in [0, 0.1) is 19.3 Å². The van der Waals surface area contributed by atoms with Gasteiger partial charge in [-0.1, -0.05) is 46.6 Å². The number of halogens is 2. The molecule has 0 spiro atoms. The molecule has 2 fully saturated rings. The first-order valence-electron chi connectivity index (χ1n) is 14.0. The largest absolute Gasteiger partial charge is 0.493 e. The van der Waals surface area contributed by atoms with Crippen LogP contribution in [0.1, 0.15) is 40.9 Å². The normalized spacial score (nSPS) is 17.5. The summed E-state index contributed by atoms with van der Waals surface area (Å²) in [6.07, 6.45) is 1.65. The summed E-state index contributed by atoms with van der Waals surface area (Å²) in [7, 11) is 2.08. The van der Waals surface area contributed by atoms with Crippen molar-refractivity contribution in [3.05, 3.63) is 69.4 Å². The van der Waals surface area contributed by atoms with E-state index in [2.05, 4.69) is 17.1 Å². The van der Waals surface area contributed by atoms with E-state index in [9.17, 15) is 9.59 Å². The highest BCUT2D eigenvalue weighted by molar-refractivity contribution is 6.33. The number of piperazine rings is 1. The molecule has 2 amide bonds. The van der Waals surface area contributed by atoms with Gasteiger partial charge in [0.05, 0.1) is 11.6 Å². The second-order valence-electron chi connectivity index (χ2n) is 11.3. The van der Waals surface area contributed by atoms with Crippen molar-refractivity contribution in [2.45, 2.75) is 33.1 Å². The number of piperidine rings is 1. The van der Waals surface area contributed by atoms with Crippen molar-refractivity contribution in [3.63, 3.8) is 0 Å². The van der Waals surface area contributed by atoms with E-state index in [1.54, 1.807) is 13.0 Å². The van der Waals surface area contributed by atoms with E-state index in [0.29, 0.717) is 71.6 Å². The Hall–Kier alpha value is -3.07. The average Bonchev–Trinajstić information content (AvgIpc) is 3.35. The van der Waals surface area contributed by atoms with Gasteiger partial charge in [0.1, 0.15) is 22.8 Å². The third-order valence-corrected chi connectivity index (χ3v) is 9.13. The van der Waals surface area contributed by atoms with Gasteiger partial charge in [-0.2, -0.15) is 0 Å². The number of rotatable bonds is 7. The van der Waals surface area contributed by atoms with Crippen LogP contribution >= 0.6 is 23.2 Å². The minimum atomic E-state index is -0.403. The summed E-state index contributed by atoms with van der Waals surface area (Å²) >= 11 is 12.6. The van der Waals surface area contributed by atoms with Crippen LogP contribution in [0.5, 0.6) is 5.75 Å². The van der Waals surface area contributed by atoms with Crippen molar-refractivity contribution >= 4 is 35.0 Å². The third-order valence-electron chi connectivity index (χ3n) is 8.37. The quantitative estimate of drug-likeness (QED) is 0.345. The van der Waals surface area contributed by atoms with Crippen LogP contribution in [0.25, 0.3) is 11.3 Å². The lowest BCUT2D eigenvalue weighted by atomic mass is 9.75. The van der Waals surface area contributed by atoms with Crippen LogP contribution in [-0.2, 0) is 4.79 Å². The Morgan fingerprint density at radius 2 is 1.66 bits per heavy atom. The minimum Gasteiger partial charge on any atom is -0.493 e. The Morgan fingerprint density at radius 1 is 0.951 bits per heavy atom. The van der Waals surface area contributed by atoms with Gasteiger partial charge in [-0.25, -0.2) is 0 Å². The number of nitrogens with zero attached hydrogens (tertiary/aromatic N) is 4. The number of likely N-dealkylation sites (N-methyl/N-ethyl adjacent to an activating group) is 1. The Labute approximate surface area is 251 Å². The lowest BCUT2D eigenvalue weighted by molar-refractivity contribution is -0.136. The van der Waals surface area contributed by atoms with Gasteiger partial charge in [-0.15, -0.1) is 0 Å². The zero-order valence-corrected chi connectivity index (χ0v) is 25.3. The third kappa shape index (κ3) is 6.55. The molecule has 3 aromatic rings. The SMILES string of the molecule is Cc1cc(OCC2(CC(=O)N3CCN(C)CC3)CCN(C(=O)c3c(-c4ccccc4Cl)noc3C)CC2)ccc1Cl. The summed E-state index contributed by atoms with van der Waals surface area (Å²) in [5.41, 5.74) is 2.06. The van der Waals surface area contributed by atoms with Crippen LogP contribution in [0.4, 0.5) is 0 Å². The number of hydrogen-bond acceptors (Lipinski definition) is 6. The molecule has 2 aromatic carbocycles. The van der Waals surface area contributed by atoms with Gasteiger partial charge in [0, 0.05) is 61.7 Å². The number of aryl methyl sites for hydroxylation is 2. The molecule has 0 N–H and O–H groups in total. The maximum absolute atomic E-state index is 13.8. The van der Waals surface area contributed by atoms with E-state index in [4.69, 9.17) is 32.5 Å². The second kappa shape index (κ2) is 12.4. The number of benzene rings is 2. The predicted octanol–water partition coefficient (Wildman–Crippen LogP) is 5.73. The number of amides is 2. The van der Waals surface area contributed by atoms with Gasteiger partial charge in [0.2, 0.25) is 5.91 Å². The Bertz CT molecular complexity index is 1410. The van der Waals surface area contributed by atoms with E-state index < -0.39 is 5.41 Å². The van der Waals surface area contributed by atoms with Gasteiger partial charge in [-0.3, -0.25) is 9.59 Å². The molecule has 10 heteroatoms.